The van der Waals surface area contributed by atoms with E-state index in [9.17, 15) is 20.1 Å². The quantitative estimate of drug-likeness (QED) is 0.232. The van der Waals surface area contributed by atoms with Gasteiger partial charge in [-0.05, 0) is 207 Å². The molecule has 0 radical (unpaired) electrons. The maximum absolute atomic E-state index is 16.4. The molecule has 0 aromatic rings. The van der Waals surface area contributed by atoms with Crippen LogP contribution in [0.15, 0.2) is 0 Å². The maximum Gasteiger partial charge on any atom is 0.133 e. The van der Waals surface area contributed by atoms with Gasteiger partial charge < -0.3 is 24.8 Å². The summed E-state index contributed by atoms with van der Waals surface area (Å²) in [5, 5.41) is 31.9. The summed E-state index contributed by atoms with van der Waals surface area (Å²) in [6.45, 7) is 13.3. The van der Waals surface area contributed by atoms with Crippen molar-refractivity contribution in [2.75, 3.05) is 40.8 Å². The van der Waals surface area contributed by atoms with Crippen molar-refractivity contribution >= 4 is 14.4 Å². The van der Waals surface area contributed by atoms with E-state index in [0.29, 0.717) is 87.1 Å². The molecule has 6 nitrogen and oxygen atoms in total. The number of rotatable bonds is 6. The molecule has 0 spiro atoms. The van der Waals surface area contributed by atoms with Gasteiger partial charge in [0, 0.05) is 20.1 Å². The van der Waals surface area contributed by atoms with Crippen molar-refractivity contribution in [2.45, 2.75) is 172 Å². The zero-order chi connectivity index (χ0) is 40.2. The molecule has 0 heterocycles. The Hall–Kier alpha value is -0.240. The first kappa shape index (κ1) is 44.3. The number of fused-ring (bicyclic) bond motifs is 10. The molecule has 318 valence electrons. The minimum Gasteiger partial charge on any atom is -0.393 e. The molecule has 17 atom stereocenters. The van der Waals surface area contributed by atoms with Crippen LogP contribution < -0.4 is 0 Å². The smallest absolute Gasteiger partial charge is 0.133 e. The van der Waals surface area contributed by atoms with Crippen molar-refractivity contribution in [1.82, 2.24) is 0 Å². The van der Waals surface area contributed by atoms with Crippen LogP contribution in [-0.2, 0) is 14.3 Å². The summed E-state index contributed by atoms with van der Waals surface area (Å²) in [7, 11) is 4.31. The second-order valence-electron chi connectivity index (χ2n) is 21.1. The highest BCUT2D eigenvalue weighted by atomic mass is 31.1. The minimum absolute atomic E-state index is 0.0176. The van der Waals surface area contributed by atoms with Crippen LogP contribution in [-0.4, -0.2) is 90.5 Å². The first-order chi connectivity index (χ1) is 25.9. The van der Waals surface area contributed by atoms with Gasteiger partial charge in [0.25, 0.3) is 0 Å². The van der Waals surface area contributed by atoms with Crippen molar-refractivity contribution in [3.05, 3.63) is 0 Å². The highest BCUT2D eigenvalue weighted by molar-refractivity contribution is 7.35. The van der Waals surface area contributed by atoms with E-state index in [-0.39, 0.29) is 46.5 Å². The van der Waals surface area contributed by atoms with Gasteiger partial charge in [-0.1, -0.05) is 13.8 Å². The Balaban J connectivity index is 0.000000175. The largest absolute Gasteiger partial charge is 0.393 e. The fourth-order valence-corrected chi connectivity index (χ4v) is 16.0. The Morgan fingerprint density at radius 2 is 1.11 bits per heavy atom. The van der Waals surface area contributed by atoms with Crippen LogP contribution in [0.1, 0.15) is 143 Å². The number of methoxy groups -OCH3 is 2. The standard InChI is InChI=1S/C22H37FO3.C22H35FO3.C2H7P/c2*1-14(24)17-6-7-18-16-5-4-15-12-21(25,13-26-3)10-11-22(15,23)19(16)8-9-20(17,18)2;1-3-2/h14-19,24-25H,4-13H2,1-3H3;15-19,25H,4-13H2,1-3H3;3H,1-2H3/t14?,15-,16+,17?,18+,19?,20-,21-,22-;15-,16+,17-,18+,19?,20-,21-,22-;/m11./s1. The molecule has 3 N–H and O–H groups in total. The van der Waals surface area contributed by atoms with Crippen molar-refractivity contribution in [1.29, 1.82) is 0 Å². The molecule has 8 saturated carbocycles. The summed E-state index contributed by atoms with van der Waals surface area (Å²) >= 11 is 0. The molecular formula is C46H79F2O6P. The Morgan fingerprint density at radius 1 is 0.673 bits per heavy atom. The van der Waals surface area contributed by atoms with Gasteiger partial charge in [-0.2, -0.15) is 0 Å². The average molecular weight is 797 g/mol. The van der Waals surface area contributed by atoms with Crippen molar-refractivity contribution < 1.29 is 38.4 Å². The van der Waals surface area contributed by atoms with E-state index >= 15 is 8.78 Å². The van der Waals surface area contributed by atoms with Crippen molar-refractivity contribution in [2.24, 2.45) is 70.0 Å². The molecule has 0 aromatic heterocycles. The second-order valence-corrected chi connectivity index (χ2v) is 22.1. The molecule has 55 heavy (non-hydrogen) atoms. The molecule has 9 heteroatoms. The lowest BCUT2D eigenvalue weighted by Gasteiger charge is -2.59. The molecule has 8 aliphatic rings. The summed E-state index contributed by atoms with van der Waals surface area (Å²) in [5.74, 6) is 3.07. The van der Waals surface area contributed by atoms with Crippen molar-refractivity contribution in [3.63, 3.8) is 0 Å². The Kier molecular flexibility index (Phi) is 13.4. The molecule has 8 aliphatic carbocycles. The van der Waals surface area contributed by atoms with E-state index in [1.54, 1.807) is 21.1 Å². The van der Waals surface area contributed by atoms with Gasteiger partial charge in [0.1, 0.15) is 17.1 Å². The van der Waals surface area contributed by atoms with Crippen LogP contribution in [0.25, 0.3) is 0 Å². The number of Topliss-reactive ketones (excluding diaryl/α,β-unsaturated/α-hetero) is 1. The molecule has 0 amide bonds. The lowest BCUT2D eigenvalue weighted by atomic mass is 9.47. The van der Waals surface area contributed by atoms with Gasteiger partial charge >= 0.3 is 0 Å². The molecule has 0 aliphatic heterocycles. The predicted octanol–water partition coefficient (Wildman–Crippen LogP) is 9.34. The summed E-state index contributed by atoms with van der Waals surface area (Å²) < 4.78 is 43.1. The van der Waals surface area contributed by atoms with Gasteiger partial charge in [0.2, 0.25) is 0 Å². The SMILES string of the molecule is COC[C@@]1(O)CC[C@]2(F)C3CC[C@]4(C)C(C(C)O)CC[C@H]4[C@@H]3CC[C@@H]2C1.COC[C@@]1(O)CC[C@]2(F)C3CC[C@]4(C)[C@@H](C(C)=O)CC[C@H]4[C@@H]3CC[C@@H]2C1.CPC. The Morgan fingerprint density at radius 3 is 1.55 bits per heavy atom. The van der Waals surface area contributed by atoms with E-state index in [1.807, 2.05) is 6.92 Å². The summed E-state index contributed by atoms with van der Waals surface area (Å²) in [5.41, 5.74) is -3.65. The number of carbonyl (C=O) groups excluding carboxylic acids is 1. The first-order valence-corrected chi connectivity index (χ1v) is 24.5. The van der Waals surface area contributed by atoms with Gasteiger partial charge in [-0.3, -0.25) is 4.79 Å². The van der Waals surface area contributed by atoms with Crippen LogP contribution in [0, 0.1) is 70.0 Å². The minimum atomic E-state index is -1.13. The molecule has 0 saturated heterocycles. The van der Waals surface area contributed by atoms with Crippen LogP contribution >= 0.6 is 8.58 Å². The maximum atomic E-state index is 16.4. The number of hydrogen-bond acceptors (Lipinski definition) is 6. The molecular weight excluding hydrogens is 717 g/mol. The number of aliphatic hydroxyl groups excluding tert-OH is 1. The van der Waals surface area contributed by atoms with E-state index in [2.05, 4.69) is 27.2 Å². The number of ketones is 1. The number of hydrogen-bond donors (Lipinski definition) is 3. The third-order valence-corrected chi connectivity index (χ3v) is 18.3. The topological polar surface area (TPSA) is 96.2 Å². The zero-order valence-electron chi connectivity index (χ0n) is 35.8. The number of carbonyl (C=O) groups is 1. The molecule has 0 bridgehead atoms. The van der Waals surface area contributed by atoms with E-state index in [1.165, 1.54) is 0 Å². The average Bonchev–Trinajstić information content (AvgIpc) is 3.67. The highest BCUT2D eigenvalue weighted by Gasteiger charge is 2.65. The summed E-state index contributed by atoms with van der Waals surface area (Å²) in [4.78, 5) is 12.2. The lowest BCUT2D eigenvalue weighted by Crippen LogP contribution is -2.59. The lowest BCUT2D eigenvalue weighted by molar-refractivity contribution is -0.179. The molecule has 8 rings (SSSR count). The first-order valence-electron chi connectivity index (χ1n) is 22.5. The predicted molar refractivity (Wildman–Crippen MR) is 218 cm³/mol. The second kappa shape index (κ2) is 16.7. The monoisotopic (exact) mass is 797 g/mol. The summed E-state index contributed by atoms with van der Waals surface area (Å²) in [6.07, 6.45) is 15.0. The van der Waals surface area contributed by atoms with Crippen LogP contribution in [0.2, 0.25) is 0 Å². The number of ether oxygens (including phenoxy) is 2. The number of aliphatic hydroxyl groups is 3. The van der Waals surface area contributed by atoms with Gasteiger partial charge in [-0.15, -0.1) is 8.58 Å². The molecule has 0 aromatic carbocycles. The Bertz CT molecular complexity index is 1340. The van der Waals surface area contributed by atoms with Crippen LogP contribution in [0.3, 0.4) is 0 Å². The molecule has 4 unspecified atom stereocenters. The fourth-order valence-electron chi connectivity index (χ4n) is 16.0. The number of alkyl halides is 2. The third kappa shape index (κ3) is 7.81. The summed E-state index contributed by atoms with van der Waals surface area (Å²) in [6, 6.07) is 0. The zero-order valence-corrected chi connectivity index (χ0v) is 36.8. The van der Waals surface area contributed by atoms with Crippen molar-refractivity contribution in [3.8, 4) is 0 Å². The van der Waals surface area contributed by atoms with Gasteiger partial charge in [-0.25, -0.2) is 8.78 Å². The molecule has 8 fully saturated rings. The van der Waals surface area contributed by atoms with Crippen LogP contribution in [0.5, 0.6) is 0 Å². The normalized spacial score (nSPS) is 51.6. The van der Waals surface area contributed by atoms with Gasteiger partial charge in [0.05, 0.1) is 30.5 Å². The van der Waals surface area contributed by atoms with E-state index < -0.39 is 22.5 Å². The van der Waals surface area contributed by atoms with Crippen LogP contribution in [0.4, 0.5) is 8.78 Å². The Labute approximate surface area is 334 Å². The third-order valence-electron chi connectivity index (χ3n) is 18.3. The van der Waals surface area contributed by atoms with E-state index in [4.69, 9.17) is 9.47 Å². The van der Waals surface area contributed by atoms with E-state index in [0.717, 1.165) is 85.6 Å². The number of halogens is 2. The highest BCUT2D eigenvalue weighted by Crippen LogP contribution is 2.68. The van der Waals surface area contributed by atoms with Gasteiger partial charge in [0.15, 0.2) is 0 Å². The fraction of sp³-hybridized carbons (Fsp3) is 0.978.